The summed E-state index contributed by atoms with van der Waals surface area (Å²) in [7, 11) is 0. The van der Waals surface area contributed by atoms with Crippen LogP contribution in [-0.4, -0.2) is 11.0 Å². The largest absolute Gasteiger partial charge is 0.489 e. The fourth-order valence-corrected chi connectivity index (χ4v) is 2.54. The third-order valence-corrected chi connectivity index (χ3v) is 3.92. The van der Waals surface area contributed by atoms with Crippen molar-refractivity contribution in [3.63, 3.8) is 0 Å². The van der Waals surface area contributed by atoms with Crippen LogP contribution in [0.3, 0.4) is 0 Å². The van der Waals surface area contributed by atoms with E-state index in [2.05, 4.69) is 10.6 Å². The topological polar surface area (TPSA) is 50.4 Å². The Morgan fingerprint density at radius 2 is 1.59 bits per heavy atom. The van der Waals surface area contributed by atoms with E-state index in [1.54, 1.807) is 36.4 Å². The van der Waals surface area contributed by atoms with Gasteiger partial charge < -0.3 is 10.1 Å². The molecule has 0 aliphatic rings. The first-order valence-corrected chi connectivity index (χ1v) is 8.66. The highest BCUT2D eigenvalue weighted by atomic mass is 32.1. The molecule has 27 heavy (non-hydrogen) atoms. The van der Waals surface area contributed by atoms with Gasteiger partial charge in [0.15, 0.2) is 5.11 Å². The number of thiocarbonyl (C=S) groups is 1. The second-order valence-electron chi connectivity index (χ2n) is 5.69. The van der Waals surface area contributed by atoms with Crippen LogP contribution in [0, 0.1) is 5.82 Å². The average Bonchev–Trinajstić information content (AvgIpc) is 2.69. The zero-order valence-corrected chi connectivity index (χ0v) is 15.1. The van der Waals surface area contributed by atoms with Crippen molar-refractivity contribution < 1.29 is 13.9 Å². The zero-order valence-electron chi connectivity index (χ0n) is 14.3. The molecule has 0 saturated carbocycles. The van der Waals surface area contributed by atoms with Crippen LogP contribution in [-0.2, 0) is 6.61 Å². The number of nitrogens with one attached hydrogen (secondary N) is 2. The lowest BCUT2D eigenvalue weighted by molar-refractivity contribution is 0.0977. The van der Waals surface area contributed by atoms with E-state index < -0.39 is 11.7 Å². The number of carbonyl (C=O) groups is 1. The molecule has 136 valence electrons. The molecule has 3 aromatic carbocycles. The number of hydrogen-bond donors (Lipinski definition) is 2. The standard InChI is InChI=1S/C21H17FN2O2S/c22-18-8-4-5-9-19(18)23-21(27)24-20(25)16-10-12-17(13-11-16)26-14-15-6-2-1-3-7-15/h1-13H,14H2,(H2,23,24,25,27). The van der Waals surface area contributed by atoms with Gasteiger partial charge in [0.2, 0.25) is 0 Å². The molecule has 2 N–H and O–H groups in total. The zero-order chi connectivity index (χ0) is 19.1. The molecule has 0 heterocycles. The van der Waals surface area contributed by atoms with Gasteiger partial charge in [-0.1, -0.05) is 42.5 Å². The summed E-state index contributed by atoms with van der Waals surface area (Å²) >= 11 is 5.06. The molecule has 6 heteroatoms. The van der Waals surface area contributed by atoms with Crippen LogP contribution < -0.4 is 15.4 Å². The highest BCUT2D eigenvalue weighted by molar-refractivity contribution is 7.80. The maximum atomic E-state index is 13.6. The summed E-state index contributed by atoms with van der Waals surface area (Å²) in [6.07, 6.45) is 0. The SMILES string of the molecule is O=C(NC(=S)Nc1ccccc1F)c1ccc(OCc2ccccc2)cc1. The average molecular weight is 380 g/mol. The number of anilines is 1. The number of ether oxygens (including phenoxy) is 1. The van der Waals surface area contributed by atoms with E-state index in [1.807, 2.05) is 30.3 Å². The normalized spacial score (nSPS) is 10.1. The van der Waals surface area contributed by atoms with Crippen molar-refractivity contribution in [2.24, 2.45) is 0 Å². The van der Waals surface area contributed by atoms with E-state index in [-0.39, 0.29) is 10.8 Å². The number of hydrogen-bond acceptors (Lipinski definition) is 3. The Labute approximate surface area is 162 Å². The van der Waals surface area contributed by atoms with Gasteiger partial charge in [0.05, 0.1) is 5.69 Å². The van der Waals surface area contributed by atoms with E-state index in [9.17, 15) is 9.18 Å². The Kier molecular flexibility index (Phi) is 6.12. The molecule has 0 unspecified atom stereocenters. The molecule has 3 aromatic rings. The van der Waals surface area contributed by atoms with Gasteiger partial charge in [0.25, 0.3) is 5.91 Å². The van der Waals surface area contributed by atoms with Crippen LogP contribution in [0.5, 0.6) is 5.75 Å². The monoisotopic (exact) mass is 380 g/mol. The van der Waals surface area contributed by atoms with Crippen molar-refractivity contribution in [3.8, 4) is 5.75 Å². The quantitative estimate of drug-likeness (QED) is 0.639. The molecular formula is C21H17FN2O2S. The van der Waals surface area contributed by atoms with E-state index >= 15 is 0 Å². The maximum absolute atomic E-state index is 13.6. The maximum Gasteiger partial charge on any atom is 0.257 e. The summed E-state index contributed by atoms with van der Waals surface area (Å²) in [6, 6.07) is 22.6. The summed E-state index contributed by atoms with van der Waals surface area (Å²) in [5.41, 5.74) is 1.68. The highest BCUT2D eigenvalue weighted by Crippen LogP contribution is 2.15. The van der Waals surface area contributed by atoms with E-state index in [1.165, 1.54) is 12.1 Å². The second kappa shape index (κ2) is 8.91. The smallest absolute Gasteiger partial charge is 0.257 e. The van der Waals surface area contributed by atoms with Gasteiger partial charge in [-0.15, -0.1) is 0 Å². The fourth-order valence-electron chi connectivity index (χ4n) is 2.33. The van der Waals surface area contributed by atoms with Crippen LogP contribution in [0.1, 0.15) is 15.9 Å². The number of para-hydroxylation sites is 1. The molecule has 0 aliphatic heterocycles. The number of rotatable bonds is 5. The Morgan fingerprint density at radius 1 is 0.926 bits per heavy atom. The lowest BCUT2D eigenvalue weighted by Gasteiger charge is -2.11. The van der Waals surface area contributed by atoms with E-state index in [0.717, 1.165) is 5.56 Å². The van der Waals surface area contributed by atoms with Gasteiger partial charge in [0.1, 0.15) is 18.2 Å². The second-order valence-corrected chi connectivity index (χ2v) is 6.09. The number of halogens is 1. The van der Waals surface area contributed by atoms with Crippen LogP contribution in [0.25, 0.3) is 0 Å². The Balaban J connectivity index is 1.54. The summed E-state index contributed by atoms with van der Waals surface area (Å²) < 4.78 is 19.3. The van der Waals surface area contributed by atoms with Crippen molar-refractivity contribution in [1.82, 2.24) is 5.32 Å². The molecule has 0 aliphatic carbocycles. The Hall–Kier alpha value is -3.25. The van der Waals surface area contributed by atoms with Crippen molar-refractivity contribution in [1.29, 1.82) is 0 Å². The summed E-state index contributed by atoms with van der Waals surface area (Å²) in [5, 5.41) is 5.21. The molecule has 0 aromatic heterocycles. The number of amides is 1. The van der Waals surface area contributed by atoms with Gasteiger partial charge in [-0.05, 0) is 54.2 Å². The summed E-state index contributed by atoms with van der Waals surface area (Å²) in [6.45, 7) is 0.447. The molecular weight excluding hydrogens is 363 g/mol. The summed E-state index contributed by atoms with van der Waals surface area (Å²) in [5.74, 6) is -0.185. The van der Waals surface area contributed by atoms with Crippen molar-refractivity contribution in [2.45, 2.75) is 6.61 Å². The van der Waals surface area contributed by atoms with Crippen LogP contribution in [0.4, 0.5) is 10.1 Å². The van der Waals surface area contributed by atoms with Crippen LogP contribution >= 0.6 is 12.2 Å². The van der Waals surface area contributed by atoms with E-state index in [4.69, 9.17) is 17.0 Å². The molecule has 0 spiro atoms. The van der Waals surface area contributed by atoms with Crippen LogP contribution in [0.15, 0.2) is 78.9 Å². The molecule has 3 rings (SSSR count). The van der Waals surface area contributed by atoms with Gasteiger partial charge in [-0.25, -0.2) is 4.39 Å². The minimum Gasteiger partial charge on any atom is -0.489 e. The van der Waals surface area contributed by atoms with Gasteiger partial charge in [-0.2, -0.15) is 0 Å². The van der Waals surface area contributed by atoms with Crippen molar-refractivity contribution >= 4 is 28.9 Å². The van der Waals surface area contributed by atoms with Gasteiger partial charge in [0, 0.05) is 5.56 Å². The number of carbonyl (C=O) groups excluding carboxylic acids is 1. The van der Waals surface area contributed by atoms with Gasteiger partial charge >= 0.3 is 0 Å². The third kappa shape index (κ3) is 5.36. The Morgan fingerprint density at radius 3 is 2.30 bits per heavy atom. The molecule has 0 atom stereocenters. The first-order valence-electron chi connectivity index (χ1n) is 8.25. The predicted molar refractivity (Wildman–Crippen MR) is 107 cm³/mol. The molecule has 0 fully saturated rings. The van der Waals surface area contributed by atoms with Crippen LogP contribution in [0.2, 0.25) is 0 Å². The first-order chi connectivity index (χ1) is 13.1. The van der Waals surface area contributed by atoms with E-state index in [0.29, 0.717) is 17.9 Å². The van der Waals surface area contributed by atoms with Crippen molar-refractivity contribution in [3.05, 3.63) is 95.8 Å². The molecule has 4 nitrogen and oxygen atoms in total. The lowest BCUT2D eigenvalue weighted by atomic mass is 10.2. The molecule has 0 saturated heterocycles. The minimum atomic E-state index is -0.450. The Bertz CT molecular complexity index is 930. The first kappa shape index (κ1) is 18.5. The van der Waals surface area contributed by atoms with Crippen molar-refractivity contribution in [2.75, 3.05) is 5.32 Å². The summed E-state index contributed by atoms with van der Waals surface area (Å²) in [4.78, 5) is 12.2. The van der Waals surface area contributed by atoms with Gasteiger partial charge in [-0.3, -0.25) is 10.1 Å². The minimum absolute atomic E-state index is 0.0227. The third-order valence-electron chi connectivity index (χ3n) is 3.71. The lowest BCUT2D eigenvalue weighted by Crippen LogP contribution is -2.34. The molecule has 0 radical (unpaired) electrons. The predicted octanol–water partition coefficient (Wildman–Crippen LogP) is 4.53. The number of benzene rings is 3. The molecule has 0 bridgehead atoms. The fraction of sp³-hybridized carbons (Fsp3) is 0.0476. The highest BCUT2D eigenvalue weighted by Gasteiger charge is 2.09. The molecule has 1 amide bonds.